The smallest absolute Gasteiger partial charge is 0.462 e. The average Bonchev–Trinajstić information content (AvgIpc) is 3.47. The molecule has 19 heteroatoms. The molecule has 0 amide bonds. The Hall–Kier alpha value is -1.94. The number of hydrogen-bond donors (Lipinski definition) is 3. The maximum Gasteiger partial charge on any atom is 0.472 e. The summed E-state index contributed by atoms with van der Waals surface area (Å²) in [4.78, 5) is 72.2. The molecule has 0 rings (SSSR count). The molecule has 4 unspecified atom stereocenters. The van der Waals surface area contributed by atoms with Crippen LogP contribution in [0.1, 0.15) is 312 Å². The van der Waals surface area contributed by atoms with E-state index in [1.165, 1.54) is 103 Å². The Bertz CT molecular complexity index is 1680. The van der Waals surface area contributed by atoms with E-state index in [0.29, 0.717) is 31.6 Å². The largest absolute Gasteiger partial charge is 0.472 e. The summed E-state index contributed by atoms with van der Waals surface area (Å²) in [5, 5.41) is 10.5. The number of carbonyl (C=O) groups is 4. The first-order chi connectivity index (χ1) is 40.2. The summed E-state index contributed by atoms with van der Waals surface area (Å²) in [6.07, 6.45) is 35.0. The maximum absolute atomic E-state index is 13.0. The predicted octanol–water partition coefficient (Wildman–Crippen LogP) is 17.8. The van der Waals surface area contributed by atoms with Crippen molar-refractivity contribution in [2.75, 3.05) is 39.6 Å². The van der Waals surface area contributed by atoms with E-state index in [-0.39, 0.29) is 25.7 Å². The zero-order valence-electron chi connectivity index (χ0n) is 54.5. The summed E-state index contributed by atoms with van der Waals surface area (Å²) < 4.78 is 68.0. The Labute approximate surface area is 511 Å². The number of esters is 4. The number of phosphoric acid groups is 2. The lowest BCUT2D eigenvalue weighted by molar-refractivity contribution is -0.161. The highest BCUT2D eigenvalue weighted by Gasteiger charge is 2.30. The van der Waals surface area contributed by atoms with Crippen LogP contribution in [0.15, 0.2) is 0 Å². The Morgan fingerprint density at radius 2 is 0.571 bits per heavy atom. The minimum atomic E-state index is -4.95. The van der Waals surface area contributed by atoms with Gasteiger partial charge >= 0.3 is 39.5 Å². The second kappa shape index (κ2) is 55.2. The highest BCUT2D eigenvalue weighted by atomic mass is 31.2. The lowest BCUT2D eigenvalue weighted by Gasteiger charge is -2.21. The molecule has 0 saturated heterocycles. The fraction of sp³-hybridized carbons (Fsp3) is 0.938. The monoisotopic (exact) mass is 1240 g/mol. The molecule has 0 aromatic heterocycles. The SMILES string of the molecule is CCC(C)CCCCCCCCC(=O)OC[C@H](COP(=O)(O)OC[C@H](O)COP(=O)(O)OC[C@@H](COC(=O)CCCCCCCCC(C)CC)OC(=O)CCCCCCCCC(C)C)OC(=O)CCCCCCCCCCCCCCC(C)C. The van der Waals surface area contributed by atoms with E-state index >= 15 is 0 Å². The summed E-state index contributed by atoms with van der Waals surface area (Å²) in [7, 11) is -9.89. The number of aliphatic hydroxyl groups is 1. The number of rotatable bonds is 62. The van der Waals surface area contributed by atoms with Crippen molar-refractivity contribution in [1.82, 2.24) is 0 Å². The molecular weight excluding hydrogens is 1110 g/mol. The van der Waals surface area contributed by atoms with Crippen molar-refractivity contribution in [2.24, 2.45) is 23.7 Å². The van der Waals surface area contributed by atoms with Crippen LogP contribution in [0, 0.1) is 23.7 Å². The van der Waals surface area contributed by atoms with Crippen molar-refractivity contribution in [3.05, 3.63) is 0 Å². The van der Waals surface area contributed by atoms with Crippen LogP contribution in [0.3, 0.4) is 0 Å². The summed E-state index contributed by atoms with van der Waals surface area (Å²) in [5.41, 5.74) is 0. The first-order valence-corrected chi connectivity index (χ1v) is 36.8. The van der Waals surface area contributed by atoms with Crippen LogP contribution in [-0.2, 0) is 65.4 Å². The van der Waals surface area contributed by atoms with Gasteiger partial charge in [-0.05, 0) is 49.4 Å². The van der Waals surface area contributed by atoms with Crippen molar-refractivity contribution in [2.45, 2.75) is 331 Å². The number of aliphatic hydroxyl groups excluding tert-OH is 1. The number of carbonyl (C=O) groups excluding carboxylic acids is 4. The third-order valence-electron chi connectivity index (χ3n) is 15.5. The van der Waals surface area contributed by atoms with Crippen molar-refractivity contribution in [3.63, 3.8) is 0 Å². The molecule has 0 saturated carbocycles. The van der Waals surface area contributed by atoms with Crippen LogP contribution in [0.2, 0.25) is 0 Å². The van der Waals surface area contributed by atoms with E-state index in [1.54, 1.807) is 0 Å². The number of ether oxygens (including phenoxy) is 4. The molecule has 0 aliphatic carbocycles. The van der Waals surface area contributed by atoms with Gasteiger partial charge in [0.05, 0.1) is 26.4 Å². The summed E-state index contributed by atoms with van der Waals surface area (Å²) >= 11 is 0. The fourth-order valence-corrected chi connectivity index (χ4v) is 11.1. The summed E-state index contributed by atoms with van der Waals surface area (Å²) in [5.74, 6) is 0.765. The number of hydrogen-bond acceptors (Lipinski definition) is 15. The van der Waals surface area contributed by atoms with Gasteiger partial charge < -0.3 is 33.8 Å². The predicted molar refractivity (Wildman–Crippen MR) is 335 cm³/mol. The van der Waals surface area contributed by atoms with Crippen LogP contribution in [0.5, 0.6) is 0 Å². The molecular formula is C65H126O17P2. The quantitative estimate of drug-likeness (QED) is 0.0222. The van der Waals surface area contributed by atoms with Crippen LogP contribution in [0.25, 0.3) is 0 Å². The maximum atomic E-state index is 13.0. The minimum absolute atomic E-state index is 0.100. The zero-order valence-corrected chi connectivity index (χ0v) is 56.3. The lowest BCUT2D eigenvalue weighted by Crippen LogP contribution is -2.30. The van der Waals surface area contributed by atoms with Crippen molar-refractivity contribution < 1.29 is 80.2 Å². The first-order valence-electron chi connectivity index (χ1n) is 33.8. The van der Waals surface area contributed by atoms with Gasteiger partial charge in [0.25, 0.3) is 0 Å². The van der Waals surface area contributed by atoms with E-state index in [2.05, 4.69) is 55.4 Å². The molecule has 0 radical (unpaired) electrons. The standard InChI is InChI=1S/C65H126O17P2/c1-9-57(7)43-35-27-20-23-29-37-45-62(67)75-51-60(81-64(69)47-39-31-18-16-14-12-11-13-15-17-25-33-41-55(3)4)53-79-83(71,72)77-49-59(66)50-78-84(73,74)80-54-61(82-65(70)48-40-32-22-19-26-34-42-56(5)6)52-76-63(68)46-38-30-24-21-28-36-44-58(8)10-2/h55-61,66H,9-54H2,1-8H3,(H,71,72)(H,73,74)/t57?,58?,59-,60+,61+/m0/s1. The molecule has 0 aliphatic heterocycles. The van der Waals surface area contributed by atoms with Crippen LogP contribution in [-0.4, -0.2) is 96.7 Å². The van der Waals surface area contributed by atoms with E-state index in [4.69, 9.17) is 37.0 Å². The van der Waals surface area contributed by atoms with E-state index in [1.807, 2.05) is 0 Å². The van der Waals surface area contributed by atoms with Crippen LogP contribution < -0.4 is 0 Å². The summed E-state index contributed by atoms with van der Waals surface area (Å²) in [6, 6.07) is 0. The molecule has 7 atom stereocenters. The van der Waals surface area contributed by atoms with Gasteiger partial charge in [0, 0.05) is 25.7 Å². The van der Waals surface area contributed by atoms with Gasteiger partial charge in [-0.1, -0.05) is 261 Å². The topological polar surface area (TPSA) is 237 Å². The number of phosphoric ester groups is 2. The van der Waals surface area contributed by atoms with Gasteiger partial charge in [-0.2, -0.15) is 0 Å². The number of unbranched alkanes of at least 4 members (excludes halogenated alkanes) is 26. The van der Waals surface area contributed by atoms with E-state index in [9.17, 15) is 43.2 Å². The molecule has 0 fully saturated rings. The van der Waals surface area contributed by atoms with Crippen molar-refractivity contribution in [1.29, 1.82) is 0 Å². The molecule has 0 aromatic rings. The molecule has 0 spiro atoms. The molecule has 0 bridgehead atoms. The van der Waals surface area contributed by atoms with Crippen molar-refractivity contribution in [3.8, 4) is 0 Å². The Kier molecular flexibility index (Phi) is 53.9. The molecule has 0 aliphatic rings. The molecule has 17 nitrogen and oxygen atoms in total. The molecule has 3 N–H and O–H groups in total. The fourth-order valence-electron chi connectivity index (χ4n) is 9.54. The van der Waals surface area contributed by atoms with Crippen LogP contribution in [0.4, 0.5) is 0 Å². The average molecular weight is 1240 g/mol. The van der Waals surface area contributed by atoms with Gasteiger partial charge in [-0.25, -0.2) is 9.13 Å². The van der Waals surface area contributed by atoms with Gasteiger partial charge in [0.15, 0.2) is 12.2 Å². The summed E-state index contributed by atoms with van der Waals surface area (Å²) in [6.45, 7) is 13.9. The highest BCUT2D eigenvalue weighted by molar-refractivity contribution is 7.47. The molecule has 84 heavy (non-hydrogen) atoms. The molecule has 498 valence electrons. The highest BCUT2D eigenvalue weighted by Crippen LogP contribution is 2.45. The van der Waals surface area contributed by atoms with E-state index < -0.39 is 97.5 Å². The zero-order chi connectivity index (χ0) is 62.5. The lowest BCUT2D eigenvalue weighted by atomic mass is 10.00. The van der Waals surface area contributed by atoms with E-state index in [0.717, 1.165) is 120 Å². The van der Waals surface area contributed by atoms with Crippen LogP contribution >= 0.6 is 15.6 Å². The third-order valence-corrected chi connectivity index (χ3v) is 17.4. The minimum Gasteiger partial charge on any atom is -0.462 e. The second-order valence-corrected chi connectivity index (χ2v) is 27.8. The Morgan fingerprint density at radius 1 is 0.333 bits per heavy atom. The van der Waals surface area contributed by atoms with Gasteiger partial charge in [-0.3, -0.25) is 37.3 Å². The Morgan fingerprint density at radius 3 is 0.845 bits per heavy atom. The molecule has 0 aromatic carbocycles. The van der Waals surface area contributed by atoms with Gasteiger partial charge in [0.2, 0.25) is 0 Å². The van der Waals surface area contributed by atoms with Crippen molar-refractivity contribution >= 4 is 39.5 Å². The van der Waals surface area contributed by atoms with Gasteiger partial charge in [-0.15, -0.1) is 0 Å². The third kappa shape index (κ3) is 56.6. The second-order valence-electron chi connectivity index (χ2n) is 24.9. The first kappa shape index (κ1) is 82.1. The van der Waals surface area contributed by atoms with Gasteiger partial charge in [0.1, 0.15) is 19.3 Å². The Balaban J connectivity index is 5.24. The molecule has 0 heterocycles. The normalized spacial score (nSPS) is 15.1.